The topological polar surface area (TPSA) is 24.8 Å². The lowest BCUT2D eigenvalue weighted by Crippen LogP contribution is -2.15. The summed E-state index contributed by atoms with van der Waals surface area (Å²) < 4.78 is 0. The summed E-state index contributed by atoms with van der Waals surface area (Å²) in [6.07, 6.45) is 9.18. The molecule has 0 saturated heterocycles. The number of benzene rings is 1. The summed E-state index contributed by atoms with van der Waals surface area (Å²) >= 11 is 5.99. The van der Waals surface area contributed by atoms with Crippen molar-refractivity contribution in [1.82, 2.24) is 4.90 Å². The number of hydrogen-bond acceptors (Lipinski definition) is 3. The van der Waals surface area contributed by atoms with Gasteiger partial charge >= 0.3 is 0 Å². The zero-order valence-electron chi connectivity index (χ0n) is 15.8. The Morgan fingerprint density at radius 2 is 2.00 bits per heavy atom. The van der Waals surface area contributed by atoms with Gasteiger partial charge in [0.25, 0.3) is 0 Å². The smallest absolute Gasteiger partial charge is 0.118 e. The predicted molar refractivity (Wildman–Crippen MR) is 108 cm³/mol. The molecule has 1 saturated carbocycles. The fourth-order valence-corrected chi connectivity index (χ4v) is 3.31. The number of allylic oxidation sites excluding steroid dienone is 1. The van der Waals surface area contributed by atoms with Crippen LogP contribution in [0.4, 0.5) is 0 Å². The zero-order chi connectivity index (χ0) is 18.1. The Morgan fingerprint density at radius 1 is 1.24 bits per heavy atom. The van der Waals surface area contributed by atoms with Crippen LogP contribution in [0.15, 0.2) is 35.0 Å². The first-order valence-electron chi connectivity index (χ1n) is 9.41. The number of unbranched alkanes of at least 4 members (excludes halogenated alkanes) is 1. The molecule has 1 aliphatic carbocycles. The fourth-order valence-electron chi connectivity index (χ4n) is 3.19. The number of rotatable bonds is 9. The van der Waals surface area contributed by atoms with Gasteiger partial charge in [-0.05, 0) is 69.1 Å². The summed E-state index contributed by atoms with van der Waals surface area (Å²) in [7, 11) is 4.16. The molecule has 0 bridgehead atoms. The van der Waals surface area contributed by atoms with E-state index in [1.165, 1.54) is 36.8 Å². The maximum Gasteiger partial charge on any atom is 0.118 e. The van der Waals surface area contributed by atoms with Gasteiger partial charge in [-0.1, -0.05) is 48.7 Å². The highest BCUT2D eigenvalue weighted by Gasteiger charge is 2.27. The van der Waals surface area contributed by atoms with Gasteiger partial charge in [0.05, 0.1) is 5.71 Å². The third-order valence-corrected chi connectivity index (χ3v) is 4.85. The van der Waals surface area contributed by atoms with Crippen molar-refractivity contribution in [3.63, 3.8) is 0 Å². The molecule has 2 rings (SSSR count). The van der Waals surface area contributed by atoms with Gasteiger partial charge in [-0.2, -0.15) is 0 Å². The van der Waals surface area contributed by atoms with Crippen molar-refractivity contribution in [1.29, 1.82) is 0 Å². The molecule has 1 atom stereocenters. The highest BCUT2D eigenvalue weighted by molar-refractivity contribution is 6.30. The number of nitrogens with zero attached hydrogens (tertiary/aromatic N) is 2. The average molecular weight is 363 g/mol. The zero-order valence-corrected chi connectivity index (χ0v) is 16.6. The molecule has 0 heterocycles. The van der Waals surface area contributed by atoms with Crippen LogP contribution in [0.2, 0.25) is 5.02 Å². The van der Waals surface area contributed by atoms with Crippen LogP contribution in [0, 0.1) is 5.92 Å². The maximum atomic E-state index is 5.99. The van der Waals surface area contributed by atoms with Gasteiger partial charge in [0.2, 0.25) is 0 Å². The van der Waals surface area contributed by atoms with Crippen LogP contribution in [0.3, 0.4) is 0 Å². The van der Waals surface area contributed by atoms with Crippen molar-refractivity contribution in [3.8, 4) is 0 Å². The highest BCUT2D eigenvalue weighted by Crippen LogP contribution is 2.33. The highest BCUT2D eigenvalue weighted by atomic mass is 35.5. The molecular weight excluding hydrogens is 332 g/mol. The quantitative estimate of drug-likeness (QED) is 0.419. The lowest BCUT2D eigenvalue weighted by Gasteiger charge is -2.12. The van der Waals surface area contributed by atoms with Crippen LogP contribution < -0.4 is 0 Å². The van der Waals surface area contributed by atoms with Gasteiger partial charge < -0.3 is 9.74 Å². The number of hydrogen-bond donors (Lipinski definition) is 0. The van der Waals surface area contributed by atoms with E-state index in [9.17, 15) is 0 Å². The lowest BCUT2D eigenvalue weighted by molar-refractivity contribution is 0.134. The molecule has 4 heteroatoms. The molecule has 1 aromatic rings. The fraction of sp³-hybridized carbons (Fsp3) is 0.571. The van der Waals surface area contributed by atoms with Gasteiger partial charge in [-0.25, -0.2) is 0 Å². The van der Waals surface area contributed by atoms with Crippen LogP contribution in [0.25, 0.3) is 6.08 Å². The van der Waals surface area contributed by atoms with Gasteiger partial charge in [0.1, 0.15) is 6.61 Å². The van der Waals surface area contributed by atoms with Crippen molar-refractivity contribution >= 4 is 23.4 Å². The van der Waals surface area contributed by atoms with Crippen molar-refractivity contribution in [2.24, 2.45) is 11.1 Å². The van der Waals surface area contributed by atoms with E-state index >= 15 is 0 Å². The Hall–Kier alpha value is -1.32. The summed E-state index contributed by atoms with van der Waals surface area (Å²) in [4.78, 5) is 7.83. The summed E-state index contributed by atoms with van der Waals surface area (Å²) in [5, 5.41) is 5.32. The van der Waals surface area contributed by atoms with Crippen LogP contribution in [0.5, 0.6) is 0 Å². The van der Waals surface area contributed by atoms with Crippen molar-refractivity contribution in [3.05, 3.63) is 40.4 Å². The first-order chi connectivity index (χ1) is 12.1. The van der Waals surface area contributed by atoms with Crippen molar-refractivity contribution < 1.29 is 4.84 Å². The molecule has 0 amide bonds. The van der Waals surface area contributed by atoms with E-state index in [2.05, 4.69) is 49.3 Å². The Bertz CT molecular complexity index is 578. The molecule has 138 valence electrons. The van der Waals surface area contributed by atoms with Crippen molar-refractivity contribution in [2.45, 2.75) is 45.4 Å². The molecule has 1 aromatic carbocycles. The number of oxime groups is 1. The van der Waals surface area contributed by atoms with E-state index < -0.39 is 0 Å². The normalized spacial score (nSPS) is 20.8. The Labute approximate surface area is 157 Å². The molecule has 0 N–H and O–H groups in total. The molecule has 0 radical (unpaired) electrons. The SMILES string of the molecule is CCCCC1CCC(=C\c2ccc(Cl)cc2)/C1=N/OCCCN(C)C. The second-order valence-corrected chi connectivity index (χ2v) is 7.50. The van der Waals surface area contributed by atoms with E-state index in [0.29, 0.717) is 12.5 Å². The van der Waals surface area contributed by atoms with E-state index in [1.54, 1.807) is 0 Å². The maximum absolute atomic E-state index is 5.99. The van der Waals surface area contributed by atoms with Crippen LogP contribution >= 0.6 is 11.6 Å². The number of halogens is 1. The summed E-state index contributed by atoms with van der Waals surface area (Å²) in [6, 6.07) is 7.99. The van der Waals surface area contributed by atoms with Gasteiger partial charge in [0, 0.05) is 17.5 Å². The lowest BCUT2D eigenvalue weighted by atomic mass is 9.98. The van der Waals surface area contributed by atoms with Gasteiger partial charge in [0.15, 0.2) is 0 Å². The second kappa shape index (κ2) is 10.6. The first kappa shape index (κ1) is 20.0. The summed E-state index contributed by atoms with van der Waals surface area (Å²) in [5.41, 5.74) is 3.65. The Kier molecular flexibility index (Phi) is 8.50. The average Bonchev–Trinajstić information content (AvgIpc) is 2.96. The molecule has 1 aliphatic rings. The predicted octanol–water partition coefficient (Wildman–Crippen LogP) is 5.65. The molecule has 25 heavy (non-hydrogen) atoms. The molecular formula is C21H31ClN2O. The minimum absolute atomic E-state index is 0.535. The van der Waals surface area contributed by atoms with E-state index in [-0.39, 0.29) is 0 Å². The molecule has 1 fully saturated rings. The third-order valence-electron chi connectivity index (χ3n) is 4.60. The van der Waals surface area contributed by atoms with E-state index in [1.807, 2.05) is 12.1 Å². The van der Waals surface area contributed by atoms with Crippen molar-refractivity contribution in [2.75, 3.05) is 27.2 Å². The molecule has 3 nitrogen and oxygen atoms in total. The van der Waals surface area contributed by atoms with Crippen LogP contribution in [-0.4, -0.2) is 37.9 Å². The van der Waals surface area contributed by atoms with E-state index in [0.717, 1.165) is 30.1 Å². The summed E-state index contributed by atoms with van der Waals surface area (Å²) in [6.45, 7) is 3.95. The molecule has 0 aromatic heterocycles. The molecule has 0 aliphatic heterocycles. The Morgan fingerprint density at radius 3 is 2.68 bits per heavy atom. The second-order valence-electron chi connectivity index (χ2n) is 7.07. The summed E-state index contributed by atoms with van der Waals surface area (Å²) in [5.74, 6) is 0.535. The third kappa shape index (κ3) is 6.83. The monoisotopic (exact) mass is 362 g/mol. The van der Waals surface area contributed by atoms with Gasteiger partial charge in [-0.15, -0.1) is 0 Å². The molecule has 1 unspecified atom stereocenters. The Balaban J connectivity index is 2.06. The largest absolute Gasteiger partial charge is 0.396 e. The molecule has 0 spiro atoms. The van der Waals surface area contributed by atoms with Gasteiger partial charge in [-0.3, -0.25) is 0 Å². The minimum atomic E-state index is 0.535. The first-order valence-corrected chi connectivity index (χ1v) is 9.79. The van der Waals surface area contributed by atoms with Crippen LogP contribution in [-0.2, 0) is 4.84 Å². The van der Waals surface area contributed by atoms with Crippen LogP contribution in [0.1, 0.15) is 51.0 Å². The standard InChI is InChI=1S/C21H31ClN2O/c1-4-5-7-18-10-11-19(16-17-8-12-20(22)13-9-17)21(18)23-25-15-6-14-24(2)3/h8-9,12-13,16,18H,4-7,10-11,14-15H2,1-3H3/b19-16+,23-21+. The van der Waals surface area contributed by atoms with E-state index in [4.69, 9.17) is 16.4 Å². The minimum Gasteiger partial charge on any atom is -0.396 e.